The number of anilines is 1. The van der Waals surface area contributed by atoms with E-state index in [2.05, 4.69) is 35.1 Å². The Morgan fingerprint density at radius 3 is 2.84 bits per heavy atom. The highest BCUT2D eigenvalue weighted by Gasteiger charge is 2.25. The number of urea groups is 1. The summed E-state index contributed by atoms with van der Waals surface area (Å²) in [5, 5.41) is 12.4. The third-order valence-electron chi connectivity index (χ3n) is 3.33. The molecule has 19 heavy (non-hydrogen) atoms. The molecule has 2 N–H and O–H groups in total. The van der Waals surface area contributed by atoms with Crippen molar-refractivity contribution in [2.75, 3.05) is 18.4 Å². The van der Waals surface area contributed by atoms with Crippen molar-refractivity contribution in [3.63, 3.8) is 0 Å². The summed E-state index contributed by atoms with van der Waals surface area (Å²) in [5.41, 5.74) is 1.94. The minimum absolute atomic E-state index is 0.138. The van der Waals surface area contributed by atoms with Crippen LogP contribution in [0.15, 0.2) is 22.7 Å². The second-order valence-electron chi connectivity index (χ2n) is 5.20. The monoisotopic (exact) mass is 326 g/mol. The zero-order valence-electron chi connectivity index (χ0n) is 11.2. The Morgan fingerprint density at radius 1 is 1.53 bits per heavy atom. The van der Waals surface area contributed by atoms with E-state index < -0.39 is 0 Å². The Morgan fingerprint density at radius 2 is 2.26 bits per heavy atom. The summed E-state index contributed by atoms with van der Waals surface area (Å²) in [5.74, 6) is 0.331. The van der Waals surface area contributed by atoms with Gasteiger partial charge in [0.25, 0.3) is 0 Å². The molecule has 0 aliphatic carbocycles. The van der Waals surface area contributed by atoms with Crippen molar-refractivity contribution < 1.29 is 9.90 Å². The lowest BCUT2D eigenvalue weighted by Gasteiger charge is -2.19. The van der Waals surface area contributed by atoms with Crippen molar-refractivity contribution >= 4 is 27.6 Å². The second kappa shape index (κ2) is 5.92. The van der Waals surface area contributed by atoms with E-state index in [-0.39, 0.29) is 12.1 Å². The summed E-state index contributed by atoms with van der Waals surface area (Å²) in [6.07, 6.45) is 0.269. The van der Waals surface area contributed by atoms with Gasteiger partial charge >= 0.3 is 6.03 Å². The SMILES string of the molecule is CC(C)c1cc(Br)ccc1NC(=O)N1CC[C@H](O)C1. The molecule has 1 aromatic rings. The van der Waals surface area contributed by atoms with Crippen molar-refractivity contribution in [1.82, 2.24) is 4.90 Å². The number of aliphatic hydroxyl groups excluding tert-OH is 1. The molecule has 104 valence electrons. The number of hydrogen-bond acceptors (Lipinski definition) is 2. The standard InChI is InChI=1S/C14H19BrN2O2/c1-9(2)12-7-10(15)3-4-13(12)16-14(19)17-6-5-11(18)8-17/h3-4,7,9,11,18H,5-6,8H2,1-2H3,(H,16,19)/t11-/m0/s1. The van der Waals surface area contributed by atoms with Crippen LogP contribution >= 0.6 is 15.9 Å². The molecule has 0 radical (unpaired) electrons. The summed E-state index contributed by atoms with van der Waals surface area (Å²) in [7, 11) is 0. The van der Waals surface area contributed by atoms with E-state index in [0.29, 0.717) is 25.4 Å². The number of carbonyl (C=O) groups is 1. The number of carbonyl (C=O) groups excluding carboxylic acids is 1. The van der Waals surface area contributed by atoms with Gasteiger partial charge in [-0.1, -0.05) is 29.8 Å². The number of nitrogens with zero attached hydrogens (tertiary/aromatic N) is 1. The predicted molar refractivity (Wildman–Crippen MR) is 79.4 cm³/mol. The summed E-state index contributed by atoms with van der Waals surface area (Å²) in [4.78, 5) is 13.8. The Kier molecular flexibility index (Phi) is 4.47. The fourth-order valence-corrected chi connectivity index (χ4v) is 2.62. The van der Waals surface area contributed by atoms with Crippen molar-refractivity contribution in [3.05, 3.63) is 28.2 Å². The van der Waals surface area contributed by atoms with Gasteiger partial charge in [-0.05, 0) is 36.1 Å². The minimum Gasteiger partial charge on any atom is -0.391 e. The van der Waals surface area contributed by atoms with Crippen LogP contribution in [0.1, 0.15) is 31.7 Å². The number of rotatable bonds is 2. The summed E-state index contributed by atoms with van der Waals surface area (Å²) in [6.45, 7) is 5.22. The number of halogens is 1. The van der Waals surface area contributed by atoms with Crippen LogP contribution < -0.4 is 5.32 Å². The lowest BCUT2D eigenvalue weighted by atomic mass is 10.0. The number of likely N-dealkylation sites (tertiary alicyclic amines) is 1. The molecule has 2 amide bonds. The zero-order chi connectivity index (χ0) is 14.0. The first-order chi connectivity index (χ1) is 8.97. The number of aliphatic hydroxyl groups is 1. The Balaban J connectivity index is 2.12. The Labute approximate surface area is 121 Å². The van der Waals surface area contributed by atoms with Crippen LogP contribution in [0, 0.1) is 0 Å². The van der Waals surface area contributed by atoms with Crippen LogP contribution in [-0.4, -0.2) is 35.2 Å². The van der Waals surface area contributed by atoms with Crippen LogP contribution in [0.25, 0.3) is 0 Å². The molecule has 0 aromatic heterocycles. The van der Waals surface area contributed by atoms with Gasteiger partial charge < -0.3 is 15.3 Å². The number of amides is 2. The molecule has 2 rings (SSSR count). The quantitative estimate of drug-likeness (QED) is 0.877. The fourth-order valence-electron chi connectivity index (χ4n) is 2.25. The molecule has 1 aliphatic rings. The predicted octanol–water partition coefficient (Wildman–Crippen LogP) is 3.17. The zero-order valence-corrected chi connectivity index (χ0v) is 12.8. The third-order valence-corrected chi connectivity index (χ3v) is 3.82. The average molecular weight is 327 g/mol. The van der Waals surface area contributed by atoms with Gasteiger partial charge in [0.2, 0.25) is 0 Å². The maximum absolute atomic E-state index is 12.1. The molecule has 1 saturated heterocycles. The van der Waals surface area contributed by atoms with E-state index in [0.717, 1.165) is 15.7 Å². The molecule has 4 nitrogen and oxygen atoms in total. The Bertz CT molecular complexity index is 477. The van der Waals surface area contributed by atoms with Crippen molar-refractivity contribution in [2.24, 2.45) is 0 Å². The fraction of sp³-hybridized carbons (Fsp3) is 0.500. The van der Waals surface area contributed by atoms with E-state index in [1.54, 1.807) is 4.90 Å². The van der Waals surface area contributed by atoms with Gasteiger partial charge in [-0.25, -0.2) is 4.79 Å². The first-order valence-corrected chi connectivity index (χ1v) is 7.30. The van der Waals surface area contributed by atoms with E-state index in [9.17, 15) is 9.90 Å². The molecular weight excluding hydrogens is 308 g/mol. The summed E-state index contributed by atoms with van der Waals surface area (Å²) < 4.78 is 1.01. The number of β-amino-alcohol motifs (C(OH)–C–C–N with tert-alkyl or cyclic N) is 1. The van der Waals surface area contributed by atoms with Crippen LogP contribution in [0.2, 0.25) is 0 Å². The van der Waals surface area contributed by atoms with Crippen LogP contribution in [0.4, 0.5) is 10.5 Å². The van der Waals surface area contributed by atoms with E-state index in [1.165, 1.54) is 0 Å². The highest BCUT2D eigenvalue weighted by Crippen LogP contribution is 2.28. The van der Waals surface area contributed by atoms with Crippen LogP contribution in [-0.2, 0) is 0 Å². The van der Waals surface area contributed by atoms with E-state index >= 15 is 0 Å². The van der Waals surface area contributed by atoms with Gasteiger partial charge in [0.1, 0.15) is 0 Å². The first kappa shape index (κ1) is 14.3. The maximum atomic E-state index is 12.1. The molecule has 0 spiro atoms. The highest BCUT2D eigenvalue weighted by atomic mass is 79.9. The lowest BCUT2D eigenvalue weighted by Crippen LogP contribution is -2.33. The molecule has 1 aliphatic heterocycles. The molecule has 0 saturated carbocycles. The van der Waals surface area contributed by atoms with Crippen molar-refractivity contribution in [1.29, 1.82) is 0 Å². The number of hydrogen-bond donors (Lipinski definition) is 2. The van der Waals surface area contributed by atoms with Gasteiger partial charge in [-0.2, -0.15) is 0 Å². The topological polar surface area (TPSA) is 52.6 Å². The molecule has 1 atom stereocenters. The van der Waals surface area contributed by atoms with Crippen molar-refractivity contribution in [2.45, 2.75) is 32.3 Å². The largest absolute Gasteiger partial charge is 0.391 e. The van der Waals surface area contributed by atoms with Gasteiger partial charge in [0.05, 0.1) is 6.10 Å². The molecule has 0 unspecified atom stereocenters. The van der Waals surface area contributed by atoms with Crippen LogP contribution in [0.3, 0.4) is 0 Å². The average Bonchev–Trinajstić information content (AvgIpc) is 2.78. The number of nitrogens with one attached hydrogen (secondary N) is 1. The number of benzene rings is 1. The van der Waals surface area contributed by atoms with Crippen molar-refractivity contribution in [3.8, 4) is 0 Å². The van der Waals surface area contributed by atoms with E-state index in [1.807, 2.05) is 18.2 Å². The molecule has 1 heterocycles. The molecular formula is C14H19BrN2O2. The van der Waals surface area contributed by atoms with Crippen LogP contribution in [0.5, 0.6) is 0 Å². The first-order valence-electron chi connectivity index (χ1n) is 6.51. The minimum atomic E-state index is -0.389. The highest BCUT2D eigenvalue weighted by molar-refractivity contribution is 9.10. The normalized spacial score (nSPS) is 19.0. The summed E-state index contributed by atoms with van der Waals surface area (Å²) >= 11 is 3.45. The van der Waals surface area contributed by atoms with Gasteiger partial charge in [0.15, 0.2) is 0 Å². The lowest BCUT2D eigenvalue weighted by molar-refractivity contribution is 0.176. The maximum Gasteiger partial charge on any atom is 0.321 e. The van der Waals surface area contributed by atoms with Gasteiger partial charge in [-0.3, -0.25) is 0 Å². The third kappa shape index (κ3) is 3.48. The van der Waals surface area contributed by atoms with E-state index in [4.69, 9.17) is 0 Å². The van der Waals surface area contributed by atoms with Gasteiger partial charge in [-0.15, -0.1) is 0 Å². The molecule has 1 aromatic carbocycles. The molecule has 0 bridgehead atoms. The molecule has 1 fully saturated rings. The molecule has 5 heteroatoms. The second-order valence-corrected chi connectivity index (χ2v) is 6.12. The summed E-state index contributed by atoms with van der Waals surface area (Å²) in [6, 6.07) is 5.71. The van der Waals surface area contributed by atoms with Gasteiger partial charge in [0, 0.05) is 23.2 Å². The smallest absolute Gasteiger partial charge is 0.321 e. The Hall–Kier alpha value is -1.07.